The topological polar surface area (TPSA) is 9.23 Å². The number of rotatable bonds is 5. The third-order valence-electron chi connectivity index (χ3n) is 0.928. The van der Waals surface area contributed by atoms with Crippen LogP contribution in [0.4, 0.5) is 17.6 Å². The second-order valence-corrected chi connectivity index (χ2v) is 1.75. The fraction of sp³-hybridized carbons (Fsp3) is 0.500. The zero-order valence-electron chi connectivity index (χ0n) is 5.62. The highest BCUT2D eigenvalue weighted by Gasteiger charge is 2.42. The molecule has 0 heterocycles. The van der Waals surface area contributed by atoms with Crippen LogP contribution in [0.25, 0.3) is 0 Å². The van der Waals surface area contributed by atoms with Crippen LogP contribution in [0.3, 0.4) is 0 Å². The van der Waals surface area contributed by atoms with Crippen molar-refractivity contribution in [1.82, 2.24) is 0 Å². The van der Waals surface area contributed by atoms with Gasteiger partial charge in [0.05, 0.1) is 19.3 Å². The van der Waals surface area contributed by atoms with Gasteiger partial charge >= 0.3 is 12.3 Å². The standard InChI is InChI=1S/C6H7F4O/c1-2-11-4-3-6(9,10)5(7)8/h2H,1,3-4H2. The van der Waals surface area contributed by atoms with Crippen molar-refractivity contribution >= 4 is 0 Å². The molecule has 0 saturated carbocycles. The first-order chi connectivity index (χ1) is 5.00. The lowest BCUT2D eigenvalue weighted by Crippen LogP contribution is -2.22. The Kier molecular flexibility index (Phi) is 3.92. The van der Waals surface area contributed by atoms with Gasteiger partial charge in [-0.1, -0.05) is 6.58 Å². The van der Waals surface area contributed by atoms with Gasteiger partial charge in [0.25, 0.3) is 0 Å². The minimum atomic E-state index is -4.04. The molecule has 0 atom stereocenters. The molecule has 0 aliphatic carbocycles. The molecule has 5 heteroatoms. The molecule has 0 N–H and O–H groups in total. The van der Waals surface area contributed by atoms with E-state index < -0.39 is 25.4 Å². The number of alkyl halides is 2. The van der Waals surface area contributed by atoms with Crippen LogP contribution in [0.1, 0.15) is 6.42 Å². The molecule has 65 valence electrons. The molecule has 1 nitrogen and oxygen atoms in total. The SMILES string of the molecule is C=COCCC(F)(F)[C](F)F. The molecule has 0 aromatic rings. The highest BCUT2D eigenvalue weighted by atomic mass is 19.3. The summed E-state index contributed by atoms with van der Waals surface area (Å²) in [5.74, 6) is -4.04. The molecular weight excluding hydrogens is 164 g/mol. The fourth-order valence-corrected chi connectivity index (χ4v) is 0.365. The van der Waals surface area contributed by atoms with Gasteiger partial charge in [-0.2, -0.15) is 17.6 Å². The van der Waals surface area contributed by atoms with Crippen LogP contribution >= 0.6 is 0 Å². The first-order valence-electron chi connectivity index (χ1n) is 2.79. The minimum absolute atomic E-state index is 0.464. The molecule has 0 aromatic carbocycles. The first-order valence-corrected chi connectivity index (χ1v) is 2.79. The minimum Gasteiger partial charge on any atom is -0.502 e. The van der Waals surface area contributed by atoms with E-state index in [0.29, 0.717) is 0 Å². The summed E-state index contributed by atoms with van der Waals surface area (Å²) >= 11 is 0. The van der Waals surface area contributed by atoms with Crippen LogP contribution in [0.15, 0.2) is 12.8 Å². The van der Waals surface area contributed by atoms with E-state index in [1.807, 2.05) is 0 Å². The molecule has 0 aliphatic rings. The smallest absolute Gasteiger partial charge is 0.378 e. The van der Waals surface area contributed by atoms with Crippen molar-refractivity contribution in [3.05, 3.63) is 19.3 Å². The molecule has 0 spiro atoms. The molecule has 0 amide bonds. The lowest BCUT2D eigenvalue weighted by atomic mass is 10.2. The largest absolute Gasteiger partial charge is 0.502 e. The lowest BCUT2D eigenvalue weighted by Gasteiger charge is -2.12. The zero-order valence-corrected chi connectivity index (χ0v) is 5.62. The quantitative estimate of drug-likeness (QED) is 0.351. The predicted octanol–water partition coefficient (Wildman–Crippen LogP) is 2.60. The van der Waals surface area contributed by atoms with Crippen molar-refractivity contribution in [2.24, 2.45) is 0 Å². The Balaban J connectivity index is 3.63. The summed E-state index contributed by atoms with van der Waals surface area (Å²) < 4.78 is 50.8. The van der Waals surface area contributed by atoms with E-state index in [4.69, 9.17) is 0 Å². The Morgan fingerprint density at radius 2 is 2.00 bits per heavy atom. The van der Waals surface area contributed by atoms with E-state index in [9.17, 15) is 17.6 Å². The Bertz CT molecular complexity index is 124. The number of ether oxygens (including phenoxy) is 1. The summed E-state index contributed by atoms with van der Waals surface area (Å²) in [5.41, 5.74) is 0. The maximum absolute atomic E-state index is 12.0. The number of hydrogen-bond acceptors (Lipinski definition) is 1. The van der Waals surface area contributed by atoms with Crippen molar-refractivity contribution in [2.75, 3.05) is 6.61 Å². The van der Waals surface area contributed by atoms with E-state index in [1.54, 1.807) is 0 Å². The highest BCUT2D eigenvalue weighted by molar-refractivity contribution is 4.82. The summed E-state index contributed by atoms with van der Waals surface area (Å²) in [6.07, 6.45) is -2.99. The van der Waals surface area contributed by atoms with Gasteiger partial charge in [0.2, 0.25) is 0 Å². The van der Waals surface area contributed by atoms with Crippen molar-refractivity contribution in [3.63, 3.8) is 0 Å². The third kappa shape index (κ3) is 3.85. The van der Waals surface area contributed by atoms with Crippen LogP contribution in [-0.4, -0.2) is 12.5 Å². The van der Waals surface area contributed by atoms with Crippen LogP contribution < -0.4 is 0 Å². The van der Waals surface area contributed by atoms with Crippen molar-refractivity contribution in [3.8, 4) is 0 Å². The molecule has 0 aromatic heterocycles. The summed E-state index contributed by atoms with van der Waals surface area (Å²) in [6.45, 7) is 2.60. The Morgan fingerprint density at radius 1 is 1.45 bits per heavy atom. The van der Waals surface area contributed by atoms with E-state index in [2.05, 4.69) is 11.3 Å². The van der Waals surface area contributed by atoms with Crippen LogP contribution in [0.5, 0.6) is 0 Å². The van der Waals surface area contributed by atoms with Gasteiger partial charge in [-0.05, 0) is 0 Å². The van der Waals surface area contributed by atoms with E-state index in [0.717, 1.165) is 6.26 Å². The molecule has 0 saturated heterocycles. The lowest BCUT2D eigenvalue weighted by molar-refractivity contribution is -0.0748. The third-order valence-corrected chi connectivity index (χ3v) is 0.928. The fourth-order valence-electron chi connectivity index (χ4n) is 0.365. The average Bonchev–Trinajstić information content (AvgIpc) is 1.88. The van der Waals surface area contributed by atoms with Crippen LogP contribution in [0, 0.1) is 6.43 Å². The second-order valence-electron chi connectivity index (χ2n) is 1.75. The molecule has 11 heavy (non-hydrogen) atoms. The predicted molar refractivity (Wildman–Crippen MR) is 31.2 cm³/mol. The maximum atomic E-state index is 12.0. The van der Waals surface area contributed by atoms with E-state index >= 15 is 0 Å². The molecule has 0 aliphatic heterocycles. The number of hydrogen-bond donors (Lipinski definition) is 0. The van der Waals surface area contributed by atoms with E-state index in [1.165, 1.54) is 0 Å². The summed E-state index contributed by atoms with van der Waals surface area (Å²) in [4.78, 5) is 0. The van der Waals surface area contributed by atoms with Crippen molar-refractivity contribution in [1.29, 1.82) is 0 Å². The second kappa shape index (κ2) is 4.20. The Labute approximate surface area is 61.7 Å². The Morgan fingerprint density at radius 3 is 2.36 bits per heavy atom. The van der Waals surface area contributed by atoms with Crippen LogP contribution in [0.2, 0.25) is 0 Å². The normalized spacial score (nSPS) is 11.7. The highest BCUT2D eigenvalue weighted by Crippen LogP contribution is 2.31. The summed E-state index contributed by atoms with van der Waals surface area (Å²) in [5, 5.41) is 0. The number of halogens is 4. The van der Waals surface area contributed by atoms with Crippen LogP contribution in [-0.2, 0) is 4.74 Å². The monoisotopic (exact) mass is 171 g/mol. The summed E-state index contributed by atoms with van der Waals surface area (Å²) in [7, 11) is 0. The molecule has 0 unspecified atom stereocenters. The Hall–Kier alpha value is -0.740. The first kappa shape index (κ1) is 10.3. The van der Waals surface area contributed by atoms with Gasteiger partial charge in [0.15, 0.2) is 0 Å². The van der Waals surface area contributed by atoms with E-state index in [-0.39, 0.29) is 0 Å². The molecular formula is C6H7F4O. The molecule has 0 rings (SSSR count). The van der Waals surface area contributed by atoms with Gasteiger partial charge in [-0.3, -0.25) is 0 Å². The van der Waals surface area contributed by atoms with Crippen molar-refractivity contribution in [2.45, 2.75) is 12.3 Å². The van der Waals surface area contributed by atoms with Gasteiger partial charge in [-0.15, -0.1) is 0 Å². The molecule has 0 fully saturated rings. The maximum Gasteiger partial charge on any atom is 0.378 e. The van der Waals surface area contributed by atoms with Gasteiger partial charge in [-0.25, -0.2) is 0 Å². The van der Waals surface area contributed by atoms with Gasteiger partial charge in [0, 0.05) is 0 Å². The van der Waals surface area contributed by atoms with Crippen molar-refractivity contribution < 1.29 is 22.3 Å². The van der Waals surface area contributed by atoms with Gasteiger partial charge in [0.1, 0.15) is 0 Å². The molecule has 1 radical (unpaired) electrons. The molecule has 0 bridgehead atoms. The van der Waals surface area contributed by atoms with Gasteiger partial charge < -0.3 is 4.74 Å². The average molecular weight is 171 g/mol. The zero-order chi connectivity index (χ0) is 8.91. The summed E-state index contributed by atoms with van der Waals surface area (Å²) in [6, 6.07) is 0.